The third-order valence-electron chi connectivity index (χ3n) is 2.60. The molecule has 0 aromatic heterocycles. The van der Waals surface area contributed by atoms with Crippen LogP contribution in [0.1, 0.15) is 11.1 Å². The van der Waals surface area contributed by atoms with Crippen molar-refractivity contribution >= 4 is 22.0 Å². The lowest BCUT2D eigenvalue weighted by atomic mass is 10.1. The van der Waals surface area contributed by atoms with Gasteiger partial charge < -0.3 is 20.5 Å². The molecular weight excluding hydrogens is 312 g/mol. The first-order chi connectivity index (χ1) is 9.02. The minimum absolute atomic E-state index is 0.166. The molecule has 2 amide bonds. The van der Waals surface area contributed by atoms with Crippen LogP contribution in [0.4, 0.5) is 4.79 Å². The Morgan fingerprint density at radius 1 is 1.47 bits per heavy atom. The van der Waals surface area contributed by atoms with Crippen molar-refractivity contribution in [2.24, 2.45) is 0 Å². The number of halogens is 1. The highest BCUT2D eigenvalue weighted by Crippen LogP contribution is 2.15. The van der Waals surface area contributed by atoms with Crippen LogP contribution in [-0.2, 0) is 11.3 Å². The largest absolute Gasteiger partial charge is 0.389 e. The molecule has 0 fully saturated rings. The summed E-state index contributed by atoms with van der Waals surface area (Å²) in [5, 5.41) is 14.7. The minimum atomic E-state index is -0.690. The smallest absolute Gasteiger partial charge is 0.315 e. The summed E-state index contributed by atoms with van der Waals surface area (Å²) in [6, 6.07) is 5.58. The number of methoxy groups -OCH3 is 1. The van der Waals surface area contributed by atoms with E-state index in [0.29, 0.717) is 6.54 Å². The summed E-state index contributed by atoms with van der Waals surface area (Å²) < 4.78 is 5.78. The van der Waals surface area contributed by atoms with Gasteiger partial charge in [-0.2, -0.15) is 0 Å². The number of aliphatic hydroxyl groups excluding tert-OH is 1. The van der Waals surface area contributed by atoms with Crippen molar-refractivity contribution in [3.8, 4) is 0 Å². The molecule has 0 aliphatic carbocycles. The number of carbonyl (C=O) groups excluding carboxylic acids is 1. The zero-order chi connectivity index (χ0) is 14.3. The lowest BCUT2D eigenvalue weighted by Gasteiger charge is -2.12. The standard InChI is InChI=1S/C13H19BrN2O3/c1-9-5-11(14)4-3-10(9)6-15-13(18)16-7-12(17)8-19-2/h3-5,12,17H,6-8H2,1-2H3,(H2,15,16,18). The van der Waals surface area contributed by atoms with Gasteiger partial charge in [-0.15, -0.1) is 0 Å². The molecule has 1 rings (SSSR count). The molecule has 1 unspecified atom stereocenters. The second-order valence-corrected chi connectivity index (χ2v) is 5.16. The Kier molecular flexibility index (Phi) is 6.83. The number of hydrogen-bond donors (Lipinski definition) is 3. The Balaban J connectivity index is 2.33. The van der Waals surface area contributed by atoms with Gasteiger partial charge in [-0.3, -0.25) is 0 Å². The third-order valence-corrected chi connectivity index (χ3v) is 3.09. The van der Waals surface area contributed by atoms with Gasteiger partial charge in [0.15, 0.2) is 0 Å². The van der Waals surface area contributed by atoms with E-state index in [1.165, 1.54) is 7.11 Å². The average molecular weight is 331 g/mol. The maximum absolute atomic E-state index is 11.5. The zero-order valence-corrected chi connectivity index (χ0v) is 12.7. The van der Waals surface area contributed by atoms with Gasteiger partial charge in [0.2, 0.25) is 0 Å². The van der Waals surface area contributed by atoms with Crippen molar-refractivity contribution in [2.45, 2.75) is 19.6 Å². The van der Waals surface area contributed by atoms with Gasteiger partial charge in [-0.1, -0.05) is 22.0 Å². The van der Waals surface area contributed by atoms with E-state index >= 15 is 0 Å². The first-order valence-electron chi connectivity index (χ1n) is 5.96. The molecule has 3 N–H and O–H groups in total. The van der Waals surface area contributed by atoms with Gasteiger partial charge in [0, 0.05) is 24.7 Å². The zero-order valence-electron chi connectivity index (χ0n) is 11.1. The fourth-order valence-electron chi connectivity index (χ4n) is 1.56. The highest BCUT2D eigenvalue weighted by molar-refractivity contribution is 9.10. The maximum Gasteiger partial charge on any atom is 0.315 e. The van der Waals surface area contributed by atoms with Crippen LogP contribution in [0.3, 0.4) is 0 Å². The van der Waals surface area contributed by atoms with E-state index < -0.39 is 6.10 Å². The lowest BCUT2D eigenvalue weighted by molar-refractivity contribution is 0.0660. The molecule has 0 bridgehead atoms. The Hall–Kier alpha value is -1.11. The van der Waals surface area contributed by atoms with Crippen molar-refractivity contribution < 1.29 is 14.6 Å². The first kappa shape index (κ1) is 15.9. The second kappa shape index (κ2) is 8.14. The number of benzene rings is 1. The quantitative estimate of drug-likeness (QED) is 0.741. The molecule has 5 nitrogen and oxygen atoms in total. The van der Waals surface area contributed by atoms with Crippen LogP contribution in [0.25, 0.3) is 0 Å². The van der Waals surface area contributed by atoms with E-state index in [1.54, 1.807) is 0 Å². The van der Waals surface area contributed by atoms with Crippen LogP contribution in [0.2, 0.25) is 0 Å². The summed E-state index contributed by atoms with van der Waals surface area (Å²) in [6.45, 7) is 2.80. The Bertz CT molecular complexity index is 426. The minimum Gasteiger partial charge on any atom is -0.389 e. The van der Waals surface area contributed by atoms with Crippen molar-refractivity contribution in [1.82, 2.24) is 10.6 Å². The lowest BCUT2D eigenvalue weighted by Crippen LogP contribution is -2.40. The summed E-state index contributed by atoms with van der Waals surface area (Å²) in [5.74, 6) is 0. The molecule has 0 aliphatic heterocycles. The van der Waals surface area contributed by atoms with E-state index in [-0.39, 0.29) is 19.2 Å². The van der Waals surface area contributed by atoms with Gasteiger partial charge in [-0.05, 0) is 30.2 Å². The number of hydrogen-bond acceptors (Lipinski definition) is 3. The predicted octanol–water partition coefficient (Wildman–Crippen LogP) is 1.56. The molecule has 1 aromatic carbocycles. The molecular formula is C13H19BrN2O3. The average Bonchev–Trinajstić information content (AvgIpc) is 2.35. The van der Waals surface area contributed by atoms with E-state index in [9.17, 15) is 9.90 Å². The van der Waals surface area contributed by atoms with Crippen molar-refractivity contribution in [3.63, 3.8) is 0 Å². The van der Waals surface area contributed by atoms with Crippen LogP contribution in [0.5, 0.6) is 0 Å². The molecule has 0 aliphatic rings. The Labute approximate surface area is 121 Å². The van der Waals surface area contributed by atoms with E-state index in [4.69, 9.17) is 4.74 Å². The van der Waals surface area contributed by atoms with E-state index in [0.717, 1.165) is 15.6 Å². The molecule has 0 saturated heterocycles. The van der Waals surface area contributed by atoms with Crippen LogP contribution in [0, 0.1) is 6.92 Å². The molecule has 19 heavy (non-hydrogen) atoms. The monoisotopic (exact) mass is 330 g/mol. The van der Waals surface area contributed by atoms with E-state index in [2.05, 4.69) is 26.6 Å². The predicted molar refractivity (Wildman–Crippen MR) is 77.0 cm³/mol. The van der Waals surface area contributed by atoms with Crippen molar-refractivity contribution in [1.29, 1.82) is 0 Å². The molecule has 0 radical (unpaired) electrons. The number of amides is 2. The van der Waals surface area contributed by atoms with Crippen LogP contribution < -0.4 is 10.6 Å². The Morgan fingerprint density at radius 3 is 2.84 bits per heavy atom. The number of rotatable bonds is 6. The molecule has 0 heterocycles. The highest BCUT2D eigenvalue weighted by atomic mass is 79.9. The normalized spacial score (nSPS) is 12.0. The van der Waals surface area contributed by atoms with Crippen LogP contribution in [-0.4, -0.2) is 37.5 Å². The summed E-state index contributed by atoms with van der Waals surface area (Å²) in [4.78, 5) is 11.5. The first-order valence-corrected chi connectivity index (χ1v) is 6.76. The number of urea groups is 1. The summed E-state index contributed by atoms with van der Waals surface area (Å²) >= 11 is 3.39. The number of ether oxygens (including phenoxy) is 1. The molecule has 106 valence electrons. The van der Waals surface area contributed by atoms with Gasteiger partial charge in [0.05, 0.1) is 12.7 Å². The maximum atomic E-state index is 11.5. The van der Waals surface area contributed by atoms with Crippen molar-refractivity contribution in [3.05, 3.63) is 33.8 Å². The number of carbonyl (C=O) groups is 1. The highest BCUT2D eigenvalue weighted by Gasteiger charge is 2.06. The van der Waals surface area contributed by atoms with Gasteiger partial charge in [0.25, 0.3) is 0 Å². The van der Waals surface area contributed by atoms with E-state index in [1.807, 2.05) is 25.1 Å². The third kappa shape index (κ3) is 6.04. The second-order valence-electron chi connectivity index (χ2n) is 4.24. The molecule has 0 saturated carbocycles. The summed E-state index contributed by atoms with van der Waals surface area (Å²) in [6.07, 6.45) is -0.690. The Morgan fingerprint density at radius 2 is 2.21 bits per heavy atom. The van der Waals surface area contributed by atoms with Crippen molar-refractivity contribution in [2.75, 3.05) is 20.3 Å². The van der Waals surface area contributed by atoms with Gasteiger partial charge >= 0.3 is 6.03 Å². The summed E-state index contributed by atoms with van der Waals surface area (Å²) in [7, 11) is 1.50. The summed E-state index contributed by atoms with van der Waals surface area (Å²) in [5.41, 5.74) is 2.16. The molecule has 1 atom stereocenters. The van der Waals surface area contributed by atoms with Crippen LogP contribution >= 0.6 is 15.9 Å². The topological polar surface area (TPSA) is 70.6 Å². The van der Waals surface area contributed by atoms with Gasteiger partial charge in [0.1, 0.15) is 0 Å². The molecule has 6 heteroatoms. The fraction of sp³-hybridized carbons (Fsp3) is 0.462. The number of aryl methyl sites for hydroxylation is 1. The fourth-order valence-corrected chi connectivity index (χ4v) is 2.03. The number of nitrogens with one attached hydrogen (secondary N) is 2. The SMILES string of the molecule is COCC(O)CNC(=O)NCc1ccc(Br)cc1C. The van der Waals surface area contributed by atoms with Crippen LogP contribution in [0.15, 0.2) is 22.7 Å². The molecule has 0 spiro atoms. The number of aliphatic hydroxyl groups is 1. The molecule has 1 aromatic rings. The van der Waals surface area contributed by atoms with Gasteiger partial charge in [-0.25, -0.2) is 4.79 Å².